The summed E-state index contributed by atoms with van der Waals surface area (Å²) in [5.41, 5.74) is 4.66. The van der Waals surface area contributed by atoms with E-state index in [1.807, 2.05) is 7.28 Å². The first-order valence-corrected chi connectivity index (χ1v) is 8.62. The molecule has 0 atom stereocenters. The number of carbonyl (C=O) groups is 1. The van der Waals surface area contributed by atoms with E-state index in [9.17, 15) is 4.79 Å². The Morgan fingerprint density at radius 3 is 2.75 bits per heavy atom. The maximum Gasteiger partial charge on any atom is 0.237 e. The van der Waals surface area contributed by atoms with Gasteiger partial charge in [0.15, 0.2) is 0 Å². The molecule has 4 rings (SSSR count). The summed E-state index contributed by atoms with van der Waals surface area (Å²) in [6.07, 6.45) is 4.34. The number of carbonyl (C=O) groups excluding carboxylic acids is 1. The largest absolute Gasteiger partial charge is 0.351 e. The molecule has 0 spiro atoms. The van der Waals surface area contributed by atoms with E-state index in [0.717, 1.165) is 24.0 Å². The number of halogens is 1. The molecule has 1 radical (unpaired) electrons. The van der Waals surface area contributed by atoms with Crippen LogP contribution in [0.25, 0.3) is 0 Å². The molecule has 0 unspecified atom stereocenters. The molecule has 0 saturated heterocycles. The molecular weight excluding hydrogens is 322 g/mol. The number of anilines is 1. The molecule has 1 amide bonds. The second kappa shape index (κ2) is 6.44. The van der Waals surface area contributed by atoms with Crippen LogP contribution in [-0.2, 0) is 24.2 Å². The lowest BCUT2D eigenvalue weighted by Crippen LogP contribution is -2.46. The van der Waals surface area contributed by atoms with E-state index in [1.54, 1.807) is 11.1 Å². The van der Waals surface area contributed by atoms with Gasteiger partial charge in [0.1, 0.15) is 5.88 Å². The summed E-state index contributed by atoms with van der Waals surface area (Å²) < 4.78 is 0. The number of fused-ring (bicyclic) bond motifs is 2. The Labute approximate surface area is 146 Å². The molecule has 0 fully saturated rings. The highest BCUT2D eigenvalue weighted by Gasteiger charge is 2.24. The number of nitrogens with zero attached hydrogens (tertiary/aromatic N) is 3. The van der Waals surface area contributed by atoms with Crippen molar-refractivity contribution < 1.29 is 4.79 Å². The fourth-order valence-corrected chi connectivity index (χ4v) is 3.54. The highest BCUT2D eigenvalue weighted by molar-refractivity contribution is 6.53. The number of hydrogen-bond donors (Lipinski definition) is 1. The Morgan fingerprint density at radius 1 is 1.29 bits per heavy atom. The third kappa shape index (κ3) is 2.98. The molecular formula is C17H17BClN4O. The van der Waals surface area contributed by atoms with E-state index in [2.05, 4.69) is 39.6 Å². The van der Waals surface area contributed by atoms with Crippen molar-refractivity contribution in [2.45, 2.75) is 25.4 Å². The van der Waals surface area contributed by atoms with Gasteiger partial charge in [-0.2, -0.15) is 0 Å². The second-order valence-electron chi connectivity index (χ2n) is 6.23. The van der Waals surface area contributed by atoms with Crippen molar-refractivity contribution in [1.29, 1.82) is 0 Å². The van der Waals surface area contributed by atoms with Crippen LogP contribution in [0.1, 0.15) is 16.7 Å². The average Bonchev–Trinajstić information content (AvgIpc) is 3.02. The van der Waals surface area contributed by atoms with E-state index < -0.39 is 0 Å². The number of aromatic nitrogens is 2. The van der Waals surface area contributed by atoms with Crippen molar-refractivity contribution in [3.8, 4) is 0 Å². The van der Waals surface area contributed by atoms with Gasteiger partial charge in [-0.25, -0.2) is 9.97 Å². The quantitative estimate of drug-likeness (QED) is 0.667. The zero-order valence-corrected chi connectivity index (χ0v) is 14.0. The summed E-state index contributed by atoms with van der Waals surface area (Å²) in [6.45, 7) is 0.520. The predicted molar refractivity (Wildman–Crippen MR) is 94.8 cm³/mol. The van der Waals surface area contributed by atoms with Crippen LogP contribution in [0.4, 0.5) is 5.95 Å². The van der Waals surface area contributed by atoms with Crippen LogP contribution in [0.3, 0.4) is 0 Å². The fourth-order valence-electron chi connectivity index (χ4n) is 3.37. The van der Waals surface area contributed by atoms with Crippen molar-refractivity contribution in [2.75, 3.05) is 17.6 Å². The van der Waals surface area contributed by atoms with Gasteiger partial charge in [-0.15, -0.1) is 11.6 Å². The zero-order chi connectivity index (χ0) is 16.5. The first kappa shape index (κ1) is 15.5. The number of hydrogen-bond acceptors (Lipinski definition) is 4. The molecule has 7 heteroatoms. The Hall–Kier alpha value is -2.08. The molecule has 121 valence electrons. The van der Waals surface area contributed by atoms with Gasteiger partial charge in [0.2, 0.25) is 19.1 Å². The van der Waals surface area contributed by atoms with Crippen LogP contribution in [0.5, 0.6) is 0 Å². The summed E-state index contributed by atoms with van der Waals surface area (Å²) in [4.78, 5) is 22.4. The molecule has 2 aliphatic rings. The van der Waals surface area contributed by atoms with Gasteiger partial charge in [0, 0.05) is 29.9 Å². The van der Waals surface area contributed by atoms with Gasteiger partial charge in [-0.1, -0.05) is 24.3 Å². The monoisotopic (exact) mass is 339 g/mol. The van der Waals surface area contributed by atoms with Gasteiger partial charge in [-0.3, -0.25) is 4.79 Å². The highest BCUT2D eigenvalue weighted by atomic mass is 35.5. The van der Waals surface area contributed by atoms with Gasteiger partial charge in [0.25, 0.3) is 0 Å². The molecule has 1 N–H and O–H groups in total. The van der Waals surface area contributed by atoms with E-state index in [-0.39, 0.29) is 11.8 Å². The molecule has 1 aliphatic carbocycles. The maximum absolute atomic E-state index is 11.7. The van der Waals surface area contributed by atoms with E-state index >= 15 is 0 Å². The predicted octanol–water partition coefficient (Wildman–Crippen LogP) is 0.924. The molecule has 0 saturated carbocycles. The first-order valence-electron chi connectivity index (χ1n) is 8.09. The number of rotatable bonds is 3. The van der Waals surface area contributed by atoms with Crippen LogP contribution in [0.15, 0.2) is 30.5 Å². The summed E-state index contributed by atoms with van der Waals surface area (Å²) in [6, 6.07) is 8.86. The van der Waals surface area contributed by atoms with Crippen LogP contribution >= 0.6 is 11.6 Å². The fraction of sp³-hybridized carbons (Fsp3) is 0.353. The molecule has 24 heavy (non-hydrogen) atoms. The first-order chi connectivity index (χ1) is 11.7. The topological polar surface area (TPSA) is 58.1 Å². The van der Waals surface area contributed by atoms with Crippen LogP contribution < -0.4 is 10.9 Å². The number of benzene rings is 1. The van der Waals surface area contributed by atoms with Gasteiger partial charge < -0.3 is 10.2 Å². The Morgan fingerprint density at radius 2 is 2.04 bits per heavy atom. The van der Waals surface area contributed by atoms with Gasteiger partial charge >= 0.3 is 0 Å². The van der Waals surface area contributed by atoms with Crippen molar-refractivity contribution in [3.05, 3.63) is 47.2 Å². The second-order valence-corrected chi connectivity index (χ2v) is 6.50. The molecule has 2 aromatic rings. The lowest BCUT2D eigenvalue weighted by molar-refractivity contribution is -0.128. The molecule has 2 heterocycles. The van der Waals surface area contributed by atoms with Crippen molar-refractivity contribution >= 4 is 36.3 Å². The third-order valence-corrected chi connectivity index (χ3v) is 4.84. The van der Waals surface area contributed by atoms with E-state index in [1.165, 1.54) is 11.1 Å². The lowest BCUT2D eigenvalue weighted by atomic mass is 9.69. The lowest BCUT2D eigenvalue weighted by Gasteiger charge is -2.27. The molecule has 5 nitrogen and oxygen atoms in total. The molecule has 0 bridgehead atoms. The van der Waals surface area contributed by atoms with E-state index in [0.29, 0.717) is 25.0 Å². The molecule has 1 aliphatic heterocycles. The van der Waals surface area contributed by atoms with Crippen molar-refractivity contribution in [3.63, 3.8) is 0 Å². The van der Waals surface area contributed by atoms with Crippen molar-refractivity contribution in [2.24, 2.45) is 0 Å². The van der Waals surface area contributed by atoms with Crippen LogP contribution in [0, 0.1) is 0 Å². The maximum atomic E-state index is 11.7. The smallest absolute Gasteiger partial charge is 0.237 e. The minimum Gasteiger partial charge on any atom is -0.351 e. The Balaban J connectivity index is 1.45. The summed E-state index contributed by atoms with van der Waals surface area (Å²) in [5, 5.41) is 3.44. The molecule has 1 aromatic carbocycles. The third-order valence-electron chi connectivity index (χ3n) is 4.62. The summed E-state index contributed by atoms with van der Waals surface area (Å²) >= 11 is 5.62. The standard InChI is InChI=1S/C17H17BClN4O/c19-7-15(24)23-9-13-8-20-17(22-16(13)18-10-23)21-14-5-11-3-1-2-4-12(11)6-14/h1-4,8,14H,5-7,9-10H2,(H,20,21,22). The van der Waals surface area contributed by atoms with E-state index in [4.69, 9.17) is 11.6 Å². The number of alkyl halides is 1. The Bertz CT molecular complexity index is 760. The minimum atomic E-state index is -0.0653. The Kier molecular flexibility index (Phi) is 4.14. The van der Waals surface area contributed by atoms with Gasteiger partial charge in [0.05, 0.1) is 0 Å². The normalized spacial score (nSPS) is 16.3. The van der Waals surface area contributed by atoms with Crippen LogP contribution in [0.2, 0.25) is 0 Å². The number of amides is 1. The van der Waals surface area contributed by atoms with Gasteiger partial charge in [-0.05, 0) is 30.4 Å². The van der Waals surface area contributed by atoms with Crippen LogP contribution in [-0.4, -0.2) is 46.4 Å². The number of nitrogens with one attached hydrogen (secondary N) is 1. The zero-order valence-electron chi connectivity index (χ0n) is 13.2. The highest BCUT2D eigenvalue weighted by Crippen LogP contribution is 2.23. The molecule has 1 aromatic heterocycles. The average molecular weight is 340 g/mol. The van der Waals surface area contributed by atoms with Crippen molar-refractivity contribution in [1.82, 2.24) is 14.9 Å². The minimum absolute atomic E-state index is 0.00586. The summed E-state index contributed by atoms with van der Waals surface area (Å²) in [7, 11) is 1.96. The summed E-state index contributed by atoms with van der Waals surface area (Å²) in [5.74, 6) is 0.593. The SMILES string of the molecule is O=C(CCl)N1C[B]c2nc(NC3Cc4ccccc4C3)ncc2C1.